The van der Waals surface area contributed by atoms with E-state index in [0.29, 0.717) is 5.75 Å². The zero-order chi connectivity index (χ0) is 14.3. The number of hydrogen-bond donors (Lipinski definition) is 0. The molecule has 0 bridgehead atoms. The predicted molar refractivity (Wildman–Crippen MR) is 74.5 cm³/mol. The first-order chi connectivity index (χ1) is 9.04. The molecule has 0 atom stereocenters. The van der Waals surface area contributed by atoms with Gasteiger partial charge >= 0.3 is 5.97 Å². The zero-order valence-corrected chi connectivity index (χ0v) is 11.6. The minimum Gasteiger partial charge on any atom is -0.465 e. The van der Waals surface area contributed by atoms with Crippen molar-refractivity contribution >= 4 is 28.9 Å². The monoisotopic (exact) mass is 282 g/mol. The molecule has 0 radical (unpaired) electrons. The number of allylic oxidation sites excluding steroid dienone is 1. The van der Waals surface area contributed by atoms with Gasteiger partial charge in [0.2, 0.25) is 0 Å². The summed E-state index contributed by atoms with van der Waals surface area (Å²) < 4.78 is 17.9. The molecule has 3 nitrogen and oxygen atoms in total. The average molecular weight is 282 g/mol. The van der Waals surface area contributed by atoms with Crippen molar-refractivity contribution in [1.29, 1.82) is 0 Å². The molecule has 0 spiro atoms. The predicted octanol–water partition coefficient (Wildman–Crippen LogP) is 3.30. The molecule has 1 aromatic rings. The van der Waals surface area contributed by atoms with Crippen LogP contribution in [0.1, 0.15) is 29.3 Å². The molecule has 0 aliphatic carbocycles. The number of hydrogen-bond acceptors (Lipinski definition) is 4. The number of carbonyl (C=O) groups excluding carboxylic acids is 2. The Hall–Kier alpha value is -1.62. The van der Waals surface area contributed by atoms with Gasteiger partial charge in [-0.05, 0) is 24.1 Å². The Kier molecular flexibility index (Phi) is 6.29. The first-order valence-electron chi connectivity index (χ1n) is 5.72. The number of thioether (sulfide) groups is 1. The fraction of sp³-hybridized carbons (Fsp3) is 0.286. The van der Waals surface area contributed by atoms with Gasteiger partial charge in [0, 0.05) is 12.7 Å². The van der Waals surface area contributed by atoms with Crippen LogP contribution in [-0.2, 0) is 9.53 Å². The lowest BCUT2D eigenvalue weighted by Gasteiger charge is -2.02. The molecular formula is C14H15FO3S. The van der Waals surface area contributed by atoms with E-state index in [-0.39, 0.29) is 10.7 Å². The molecule has 0 unspecified atom stereocenters. The molecule has 0 aromatic heterocycles. The number of esters is 1. The highest BCUT2D eigenvalue weighted by atomic mass is 32.2. The molecule has 0 N–H and O–H groups in total. The Labute approximate surface area is 115 Å². The lowest BCUT2D eigenvalue weighted by atomic mass is 10.1. The SMILES string of the molecule is COC(=O)c1cc(C=CCCSC(C)=O)ccc1F. The fourth-order valence-electron chi connectivity index (χ4n) is 1.40. The van der Waals surface area contributed by atoms with Crippen LogP contribution < -0.4 is 0 Å². The standard InChI is InChI=1S/C14H15FO3S/c1-10(16)19-8-4-3-5-11-6-7-13(15)12(9-11)14(17)18-2/h3,5-7,9H,4,8H2,1-2H3. The third-order valence-corrected chi connectivity index (χ3v) is 3.14. The van der Waals surface area contributed by atoms with E-state index in [1.807, 2.05) is 6.08 Å². The maximum absolute atomic E-state index is 13.4. The molecule has 0 aliphatic heterocycles. The molecule has 1 aromatic carbocycles. The lowest BCUT2D eigenvalue weighted by Crippen LogP contribution is -2.04. The second kappa shape index (κ2) is 7.74. The maximum atomic E-state index is 13.4. The summed E-state index contributed by atoms with van der Waals surface area (Å²) in [5.74, 6) is -0.590. The van der Waals surface area contributed by atoms with E-state index >= 15 is 0 Å². The summed E-state index contributed by atoms with van der Waals surface area (Å²) in [5.41, 5.74) is 0.636. The molecule has 0 heterocycles. The van der Waals surface area contributed by atoms with E-state index in [4.69, 9.17) is 0 Å². The van der Waals surface area contributed by atoms with Crippen LogP contribution in [0.15, 0.2) is 24.3 Å². The zero-order valence-electron chi connectivity index (χ0n) is 10.8. The fourth-order valence-corrected chi connectivity index (χ4v) is 1.94. The summed E-state index contributed by atoms with van der Waals surface area (Å²) in [5, 5.41) is 0.0863. The van der Waals surface area contributed by atoms with Crippen LogP contribution in [0.25, 0.3) is 6.08 Å². The molecule has 0 aliphatic rings. The van der Waals surface area contributed by atoms with E-state index in [2.05, 4.69) is 4.74 Å². The van der Waals surface area contributed by atoms with Gasteiger partial charge in [-0.25, -0.2) is 9.18 Å². The Morgan fingerprint density at radius 1 is 1.42 bits per heavy atom. The Morgan fingerprint density at radius 2 is 2.16 bits per heavy atom. The molecule has 5 heteroatoms. The van der Waals surface area contributed by atoms with Crippen molar-refractivity contribution in [2.75, 3.05) is 12.9 Å². The van der Waals surface area contributed by atoms with Crippen molar-refractivity contribution in [2.24, 2.45) is 0 Å². The smallest absolute Gasteiger partial charge is 0.340 e. The van der Waals surface area contributed by atoms with Crippen molar-refractivity contribution in [3.8, 4) is 0 Å². The van der Waals surface area contributed by atoms with Crippen LogP contribution in [0.2, 0.25) is 0 Å². The van der Waals surface area contributed by atoms with Gasteiger partial charge in [0.05, 0.1) is 12.7 Å². The van der Waals surface area contributed by atoms with Crippen LogP contribution in [0, 0.1) is 5.82 Å². The average Bonchev–Trinajstić information content (AvgIpc) is 2.39. The van der Waals surface area contributed by atoms with Crippen LogP contribution in [0.5, 0.6) is 0 Å². The Bertz CT molecular complexity index is 497. The summed E-state index contributed by atoms with van der Waals surface area (Å²) in [6, 6.07) is 4.25. The quantitative estimate of drug-likeness (QED) is 0.614. The van der Waals surface area contributed by atoms with Crippen LogP contribution >= 0.6 is 11.8 Å². The number of methoxy groups -OCH3 is 1. The van der Waals surface area contributed by atoms with Crippen molar-refractivity contribution < 1.29 is 18.7 Å². The summed E-state index contributed by atoms with van der Waals surface area (Å²) in [6.07, 6.45) is 4.39. The number of ether oxygens (including phenoxy) is 1. The Morgan fingerprint density at radius 3 is 2.79 bits per heavy atom. The van der Waals surface area contributed by atoms with E-state index in [0.717, 1.165) is 12.0 Å². The van der Waals surface area contributed by atoms with Gasteiger partial charge in [-0.15, -0.1) is 0 Å². The molecule has 102 valence electrons. The van der Waals surface area contributed by atoms with Crippen molar-refractivity contribution in [1.82, 2.24) is 0 Å². The molecule has 0 saturated carbocycles. The highest BCUT2D eigenvalue weighted by Gasteiger charge is 2.11. The lowest BCUT2D eigenvalue weighted by molar-refractivity contribution is -0.109. The third kappa shape index (κ3) is 5.26. The number of benzene rings is 1. The van der Waals surface area contributed by atoms with Gasteiger partial charge in [0.15, 0.2) is 5.12 Å². The molecule has 0 fully saturated rings. The Balaban J connectivity index is 2.66. The minimum absolute atomic E-state index is 0.0808. The van der Waals surface area contributed by atoms with Crippen molar-refractivity contribution in [2.45, 2.75) is 13.3 Å². The molecule has 0 saturated heterocycles. The summed E-state index contributed by atoms with van der Waals surface area (Å²) >= 11 is 1.26. The van der Waals surface area contributed by atoms with Gasteiger partial charge in [-0.3, -0.25) is 4.79 Å². The highest BCUT2D eigenvalue weighted by Crippen LogP contribution is 2.14. The highest BCUT2D eigenvalue weighted by molar-refractivity contribution is 8.13. The first-order valence-corrected chi connectivity index (χ1v) is 6.71. The van der Waals surface area contributed by atoms with Gasteiger partial charge in [-0.1, -0.05) is 30.0 Å². The maximum Gasteiger partial charge on any atom is 0.340 e. The van der Waals surface area contributed by atoms with E-state index in [1.165, 1.54) is 37.9 Å². The van der Waals surface area contributed by atoms with Crippen molar-refractivity contribution in [3.63, 3.8) is 0 Å². The number of rotatable bonds is 5. The largest absolute Gasteiger partial charge is 0.465 e. The van der Waals surface area contributed by atoms with Gasteiger partial charge < -0.3 is 4.74 Å². The van der Waals surface area contributed by atoms with Gasteiger partial charge in [0.25, 0.3) is 0 Å². The first kappa shape index (κ1) is 15.4. The van der Waals surface area contributed by atoms with E-state index < -0.39 is 11.8 Å². The summed E-state index contributed by atoms with van der Waals surface area (Å²) in [4.78, 5) is 22.0. The van der Waals surface area contributed by atoms with Crippen LogP contribution in [-0.4, -0.2) is 23.9 Å². The van der Waals surface area contributed by atoms with E-state index in [9.17, 15) is 14.0 Å². The molecule has 1 rings (SSSR count). The normalized spacial score (nSPS) is 10.7. The van der Waals surface area contributed by atoms with Gasteiger partial charge in [-0.2, -0.15) is 0 Å². The molecular weight excluding hydrogens is 267 g/mol. The third-order valence-electron chi connectivity index (χ3n) is 2.30. The summed E-state index contributed by atoms with van der Waals surface area (Å²) in [7, 11) is 1.21. The minimum atomic E-state index is -0.695. The van der Waals surface area contributed by atoms with Crippen molar-refractivity contribution in [3.05, 3.63) is 41.2 Å². The second-order valence-electron chi connectivity index (χ2n) is 3.76. The van der Waals surface area contributed by atoms with E-state index in [1.54, 1.807) is 12.1 Å². The topological polar surface area (TPSA) is 43.4 Å². The van der Waals surface area contributed by atoms with Crippen LogP contribution in [0.4, 0.5) is 4.39 Å². The van der Waals surface area contributed by atoms with Gasteiger partial charge in [0.1, 0.15) is 5.82 Å². The molecule has 0 amide bonds. The van der Waals surface area contributed by atoms with Crippen LogP contribution in [0.3, 0.4) is 0 Å². The number of halogens is 1. The summed E-state index contributed by atoms with van der Waals surface area (Å²) in [6.45, 7) is 1.52. The second-order valence-corrected chi connectivity index (χ2v) is 5.03. The number of carbonyl (C=O) groups is 2. The molecule has 19 heavy (non-hydrogen) atoms.